The van der Waals surface area contributed by atoms with Gasteiger partial charge in [-0.3, -0.25) is 14.5 Å². The number of esters is 1. The fourth-order valence-electron chi connectivity index (χ4n) is 2.84. The molecule has 0 aliphatic carbocycles. The summed E-state index contributed by atoms with van der Waals surface area (Å²) in [4.78, 5) is 27.9. The largest absolute Gasteiger partial charge is 0.466 e. The Hall–Kier alpha value is -1.88. The molecular weight excluding hydrogens is 292 g/mol. The highest BCUT2D eigenvalue weighted by Gasteiger charge is 2.27. The number of hydrogen-bond donors (Lipinski definition) is 0. The lowest BCUT2D eigenvalue weighted by Gasteiger charge is -2.31. The third-order valence-corrected chi connectivity index (χ3v) is 4.25. The summed E-state index contributed by atoms with van der Waals surface area (Å²) in [5.41, 5.74) is 1.13. The topological polar surface area (TPSA) is 49.9 Å². The molecule has 0 aromatic heterocycles. The second kappa shape index (κ2) is 8.67. The lowest BCUT2D eigenvalue weighted by Crippen LogP contribution is -2.43. The van der Waals surface area contributed by atoms with Crippen molar-refractivity contribution in [3.63, 3.8) is 0 Å². The first-order chi connectivity index (χ1) is 11.1. The van der Waals surface area contributed by atoms with Gasteiger partial charge in [-0.2, -0.15) is 0 Å². The van der Waals surface area contributed by atoms with E-state index in [9.17, 15) is 9.59 Å². The highest BCUT2D eigenvalue weighted by Crippen LogP contribution is 2.18. The number of piperidine rings is 1. The maximum atomic E-state index is 12.3. The van der Waals surface area contributed by atoms with Gasteiger partial charge >= 0.3 is 5.97 Å². The Kier molecular flexibility index (Phi) is 6.59. The van der Waals surface area contributed by atoms with Gasteiger partial charge in [0.2, 0.25) is 5.91 Å². The fourth-order valence-corrected chi connectivity index (χ4v) is 2.84. The van der Waals surface area contributed by atoms with Crippen molar-refractivity contribution in [2.24, 2.45) is 5.92 Å². The zero-order chi connectivity index (χ0) is 16.7. The van der Waals surface area contributed by atoms with Gasteiger partial charge in [-0.05, 0) is 38.4 Å². The first-order valence-electron chi connectivity index (χ1n) is 8.27. The van der Waals surface area contributed by atoms with E-state index in [-0.39, 0.29) is 17.8 Å². The van der Waals surface area contributed by atoms with Gasteiger partial charge < -0.3 is 9.64 Å². The second-order valence-corrected chi connectivity index (χ2v) is 6.04. The van der Waals surface area contributed by atoms with Crippen LogP contribution in [0.15, 0.2) is 30.3 Å². The Labute approximate surface area is 138 Å². The average Bonchev–Trinajstić information content (AvgIpc) is 2.56. The number of benzene rings is 1. The number of likely N-dealkylation sites (N-methyl/N-ethyl adjacent to an activating group) is 1. The van der Waals surface area contributed by atoms with Crippen molar-refractivity contribution < 1.29 is 14.3 Å². The maximum absolute atomic E-state index is 12.3. The third kappa shape index (κ3) is 5.36. The van der Waals surface area contributed by atoms with E-state index >= 15 is 0 Å². The highest BCUT2D eigenvalue weighted by atomic mass is 16.5. The SMILES string of the molecule is CCOC(=O)C1CCN(CC(=O)N(C)Cc2ccccc2)CC1. The summed E-state index contributed by atoms with van der Waals surface area (Å²) >= 11 is 0. The van der Waals surface area contributed by atoms with Crippen LogP contribution in [0.1, 0.15) is 25.3 Å². The molecule has 2 rings (SSSR count). The van der Waals surface area contributed by atoms with E-state index in [0.717, 1.165) is 31.5 Å². The van der Waals surface area contributed by atoms with Crippen molar-refractivity contribution >= 4 is 11.9 Å². The van der Waals surface area contributed by atoms with E-state index in [0.29, 0.717) is 19.7 Å². The summed E-state index contributed by atoms with van der Waals surface area (Å²) in [5, 5.41) is 0. The summed E-state index contributed by atoms with van der Waals surface area (Å²) in [6, 6.07) is 9.98. The number of carbonyl (C=O) groups is 2. The van der Waals surface area contributed by atoms with Crippen molar-refractivity contribution in [2.45, 2.75) is 26.3 Å². The van der Waals surface area contributed by atoms with Crippen LogP contribution < -0.4 is 0 Å². The lowest BCUT2D eigenvalue weighted by atomic mass is 9.97. The molecule has 1 fully saturated rings. The zero-order valence-electron chi connectivity index (χ0n) is 14.0. The van der Waals surface area contributed by atoms with Gasteiger partial charge in [0.15, 0.2) is 0 Å². The normalized spacial score (nSPS) is 16.1. The van der Waals surface area contributed by atoms with Crippen molar-refractivity contribution in [2.75, 3.05) is 33.3 Å². The van der Waals surface area contributed by atoms with E-state index in [4.69, 9.17) is 4.74 Å². The summed E-state index contributed by atoms with van der Waals surface area (Å²) in [5.74, 6) is 0.00598. The number of likely N-dealkylation sites (tertiary alicyclic amines) is 1. The molecule has 1 aliphatic rings. The Bertz CT molecular complexity index is 510. The molecule has 0 spiro atoms. The monoisotopic (exact) mass is 318 g/mol. The van der Waals surface area contributed by atoms with Crippen LogP contribution in [0, 0.1) is 5.92 Å². The van der Waals surface area contributed by atoms with Crippen molar-refractivity contribution in [1.29, 1.82) is 0 Å². The molecule has 5 nitrogen and oxygen atoms in total. The van der Waals surface area contributed by atoms with Crippen LogP contribution in [0.3, 0.4) is 0 Å². The van der Waals surface area contributed by atoms with Gasteiger partial charge in [-0.25, -0.2) is 0 Å². The fraction of sp³-hybridized carbons (Fsp3) is 0.556. The van der Waals surface area contributed by atoms with Crippen LogP contribution in [-0.2, 0) is 20.9 Å². The zero-order valence-corrected chi connectivity index (χ0v) is 14.0. The first-order valence-corrected chi connectivity index (χ1v) is 8.27. The van der Waals surface area contributed by atoms with Gasteiger partial charge in [0.05, 0.1) is 19.1 Å². The van der Waals surface area contributed by atoms with E-state index in [2.05, 4.69) is 4.90 Å². The number of rotatable bonds is 6. The van der Waals surface area contributed by atoms with E-state index in [1.165, 1.54) is 0 Å². The van der Waals surface area contributed by atoms with Crippen LogP contribution in [0.5, 0.6) is 0 Å². The van der Waals surface area contributed by atoms with Crippen molar-refractivity contribution in [3.05, 3.63) is 35.9 Å². The molecule has 5 heteroatoms. The molecule has 1 heterocycles. The van der Waals surface area contributed by atoms with E-state index in [1.807, 2.05) is 44.3 Å². The molecule has 0 bridgehead atoms. The molecule has 0 N–H and O–H groups in total. The predicted molar refractivity (Wildman–Crippen MR) is 88.7 cm³/mol. The molecule has 1 amide bonds. The smallest absolute Gasteiger partial charge is 0.309 e. The van der Waals surface area contributed by atoms with E-state index < -0.39 is 0 Å². The molecule has 0 atom stereocenters. The van der Waals surface area contributed by atoms with Gasteiger partial charge in [-0.15, -0.1) is 0 Å². The lowest BCUT2D eigenvalue weighted by molar-refractivity contribution is -0.149. The minimum Gasteiger partial charge on any atom is -0.466 e. The molecule has 23 heavy (non-hydrogen) atoms. The Morgan fingerprint density at radius 3 is 2.48 bits per heavy atom. The number of amides is 1. The van der Waals surface area contributed by atoms with Crippen molar-refractivity contribution in [1.82, 2.24) is 9.80 Å². The van der Waals surface area contributed by atoms with Gasteiger partial charge in [-0.1, -0.05) is 30.3 Å². The molecule has 1 saturated heterocycles. The third-order valence-electron chi connectivity index (χ3n) is 4.25. The quantitative estimate of drug-likeness (QED) is 0.752. The minimum absolute atomic E-state index is 0.0108. The van der Waals surface area contributed by atoms with E-state index in [1.54, 1.807) is 4.90 Å². The molecular formula is C18H26N2O3. The highest BCUT2D eigenvalue weighted by molar-refractivity contribution is 5.78. The van der Waals surface area contributed by atoms with Crippen molar-refractivity contribution in [3.8, 4) is 0 Å². The van der Waals surface area contributed by atoms with Crippen LogP contribution in [-0.4, -0.2) is 55.0 Å². The number of nitrogens with zero attached hydrogens (tertiary/aromatic N) is 2. The van der Waals surface area contributed by atoms with Crippen LogP contribution >= 0.6 is 0 Å². The Balaban J connectivity index is 1.75. The van der Waals surface area contributed by atoms with Gasteiger partial charge in [0.25, 0.3) is 0 Å². The second-order valence-electron chi connectivity index (χ2n) is 6.04. The summed E-state index contributed by atoms with van der Waals surface area (Å²) < 4.78 is 5.07. The summed E-state index contributed by atoms with van der Waals surface area (Å²) in [7, 11) is 1.83. The molecule has 0 radical (unpaired) electrons. The van der Waals surface area contributed by atoms with Gasteiger partial charge in [0.1, 0.15) is 0 Å². The molecule has 1 aliphatic heterocycles. The average molecular weight is 318 g/mol. The minimum atomic E-state index is -0.0975. The first kappa shape index (κ1) is 17.5. The Morgan fingerprint density at radius 1 is 1.22 bits per heavy atom. The number of carbonyl (C=O) groups excluding carboxylic acids is 2. The van der Waals surface area contributed by atoms with Crippen LogP contribution in [0.2, 0.25) is 0 Å². The van der Waals surface area contributed by atoms with Crippen LogP contribution in [0.4, 0.5) is 0 Å². The molecule has 0 saturated carbocycles. The predicted octanol–water partition coefficient (Wildman–Crippen LogP) is 1.92. The molecule has 0 unspecified atom stereocenters. The number of hydrogen-bond acceptors (Lipinski definition) is 4. The summed E-state index contributed by atoms with van der Waals surface area (Å²) in [6.07, 6.45) is 1.54. The molecule has 126 valence electrons. The van der Waals surface area contributed by atoms with Gasteiger partial charge in [0, 0.05) is 13.6 Å². The standard InChI is InChI=1S/C18H26N2O3/c1-3-23-18(22)16-9-11-20(12-10-16)14-17(21)19(2)13-15-7-5-4-6-8-15/h4-8,16H,3,9-14H2,1-2H3. The molecule has 1 aromatic carbocycles. The Morgan fingerprint density at radius 2 is 1.87 bits per heavy atom. The maximum Gasteiger partial charge on any atom is 0.309 e. The summed E-state index contributed by atoms with van der Waals surface area (Å²) in [6.45, 7) is 4.84. The molecule has 1 aromatic rings. The van der Waals surface area contributed by atoms with Crippen LogP contribution in [0.25, 0.3) is 0 Å². The number of ether oxygens (including phenoxy) is 1.